The Kier molecular flexibility index (Phi) is 7.62. The van der Waals surface area contributed by atoms with E-state index in [9.17, 15) is 19.5 Å². The third-order valence-electron chi connectivity index (χ3n) is 8.21. The van der Waals surface area contributed by atoms with Gasteiger partial charge in [0, 0.05) is 17.9 Å². The summed E-state index contributed by atoms with van der Waals surface area (Å²) in [4.78, 5) is 42.9. The number of hydrogen-bond donors (Lipinski definition) is 3. The molecule has 202 valence electrons. The molecule has 3 aliphatic heterocycles. The average molecular weight is 585 g/mol. The highest BCUT2D eigenvalue weighted by Gasteiger charge is 2.77. The van der Waals surface area contributed by atoms with Crippen LogP contribution in [0.25, 0.3) is 0 Å². The van der Waals surface area contributed by atoms with Crippen molar-refractivity contribution in [3.8, 4) is 0 Å². The van der Waals surface area contributed by atoms with Gasteiger partial charge in [-0.15, -0.1) is 0 Å². The Bertz CT molecular complexity index is 1180. The van der Waals surface area contributed by atoms with Crippen LogP contribution in [0.2, 0.25) is 0 Å². The summed E-state index contributed by atoms with van der Waals surface area (Å²) in [6.45, 7) is 4.16. The number of aliphatic hydroxyl groups excluding tert-OH is 1. The molecule has 0 radical (unpaired) electrons. The molecule has 3 fully saturated rings. The first-order chi connectivity index (χ1) is 18.3. The lowest BCUT2D eigenvalue weighted by Gasteiger charge is -2.38. The molecular weight excluding hydrogens is 550 g/mol. The molecule has 2 bridgehead atoms. The molecule has 3 unspecified atom stereocenters. The van der Waals surface area contributed by atoms with Gasteiger partial charge >= 0.3 is 0 Å². The van der Waals surface area contributed by atoms with E-state index in [2.05, 4.69) is 26.6 Å². The maximum absolute atomic E-state index is 14.1. The highest BCUT2D eigenvalue weighted by molar-refractivity contribution is 9.09. The predicted molar refractivity (Wildman–Crippen MR) is 145 cm³/mol. The van der Waals surface area contributed by atoms with E-state index < -0.39 is 35.6 Å². The molecule has 5 rings (SSSR count). The van der Waals surface area contributed by atoms with Crippen LogP contribution in [-0.4, -0.2) is 63.0 Å². The van der Waals surface area contributed by atoms with Gasteiger partial charge in [0.25, 0.3) is 0 Å². The van der Waals surface area contributed by atoms with Crippen molar-refractivity contribution >= 4 is 33.7 Å². The zero-order chi connectivity index (χ0) is 27.0. The zero-order valence-corrected chi connectivity index (χ0v) is 23.1. The second-order valence-corrected chi connectivity index (χ2v) is 12.0. The van der Waals surface area contributed by atoms with Crippen molar-refractivity contribution in [2.75, 3.05) is 6.61 Å². The van der Waals surface area contributed by atoms with Crippen molar-refractivity contribution in [1.29, 1.82) is 0 Å². The number of benzene rings is 2. The molecule has 9 heteroatoms. The van der Waals surface area contributed by atoms with Crippen molar-refractivity contribution in [2.24, 2.45) is 17.8 Å². The van der Waals surface area contributed by atoms with E-state index in [1.165, 1.54) is 4.90 Å². The van der Waals surface area contributed by atoms with Gasteiger partial charge in [0.1, 0.15) is 11.6 Å². The number of carbonyl (C=O) groups is 3. The lowest BCUT2D eigenvalue weighted by molar-refractivity contribution is -0.146. The molecule has 0 aromatic heterocycles. The zero-order valence-electron chi connectivity index (χ0n) is 21.5. The molecule has 2 aromatic carbocycles. The Balaban J connectivity index is 1.46. The summed E-state index contributed by atoms with van der Waals surface area (Å²) in [6, 6.07) is 17.6. The van der Waals surface area contributed by atoms with Crippen LogP contribution in [-0.2, 0) is 32.2 Å². The molecule has 3 saturated heterocycles. The van der Waals surface area contributed by atoms with Gasteiger partial charge in [-0.2, -0.15) is 0 Å². The maximum atomic E-state index is 14.1. The number of aliphatic hydroxyl groups is 1. The fraction of sp³-hybridized carbons (Fsp3) is 0.483. The first-order valence-electron chi connectivity index (χ1n) is 13.2. The maximum Gasteiger partial charge on any atom is 0.246 e. The summed E-state index contributed by atoms with van der Waals surface area (Å²) in [5.41, 5.74) is 0.725. The normalized spacial score (nSPS) is 30.4. The van der Waals surface area contributed by atoms with Gasteiger partial charge < -0.3 is 25.4 Å². The van der Waals surface area contributed by atoms with Crippen LogP contribution in [0.15, 0.2) is 60.7 Å². The Morgan fingerprint density at radius 2 is 1.58 bits per heavy atom. The van der Waals surface area contributed by atoms with Gasteiger partial charge in [0.15, 0.2) is 0 Å². The Labute approximate surface area is 231 Å². The summed E-state index contributed by atoms with van der Waals surface area (Å²) in [5, 5.41) is 16.3. The molecule has 3 amide bonds. The summed E-state index contributed by atoms with van der Waals surface area (Å²) in [7, 11) is 0. The molecule has 7 atom stereocenters. The summed E-state index contributed by atoms with van der Waals surface area (Å²) < 4.78 is 6.53. The van der Waals surface area contributed by atoms with E-state index in [0.29, 0.717) is 19.5 Å². The van der Waals surface area contributed by atoms with Crippen molar-refractivity contribution < 1.29 is 24.2 Å². The van der Waals surface area contributed by atoms with E-state index >= 15 is 0 Å². The van der Waals surface area contributed by atoms with Crippen molar-refractivity contribution in [2.45, 2.75) is 62.0 Å². The van der Waals surface area contributed by atoms with E-state index in [0.717, 1.165) is 11.1 Å². The van der Waals surface area contributed by atoms with Crippen LogP contribution in [0.5, 0.6) is 0 Å². The number of nitrogens with zero attached hydrogens (tertiary/aromatic N) is 1. The topological polar surface area (TPSA) is 108 Å². The van der Waals surface area contributed by atoms with Crippen LogP contribution in [0.4, 0.5) is 0 Å². The molecule has 1 spiro atoms. The third-order valence-corrected chi connectivity index (χ3v) is 9.06. The highest BCUT2D eigenvalue weighted by Crippen LogP contribution is 2.60. The van der Waals surface area contributed by atoms with Crippen molar-refractivity contribution in [1.82, 2.24) is 15.5 Å². The number of alkyl halides is 1. The Hall–Kier alpha value is -2.75. The first-order valence-corrected chi connectivity index (χ1v) is 14.1. The fourth-order valence-corrected chi connectivity index (χ4v) is 7.37. The monoisotopic (exact) mass is 583 g/mol. The van der Waals surface area contributed by atoms with E-state index in [-0.39, 0.29) is 35.1 Å². The molecule has 8 nitrogen and oxygen atoms in total. The lowest BCUT2D eigenvalue weighted by Crippen LogP contribution is -2.59. The summed E-state index contributed by atoms with van der Waals surface area (Å²) >= 11 is 3.69. The second kappa shape index (κ2) is 10.8. The SMILES string of the molecule is CC(C)[C@H](CO)N1C(=O)[C@@H]2[C@H](C(=O)NCc3ccccc3)[C@H]3OC2(CC3Br)C1C(=O)NCc1ccccc1. The fourth-order valence-electron chi connectivity index (χ4n) is 6.43. The molecule has 3 N–H and O–H groups in total. The van der Waals surface area contributed by atoms with Gasteiger partial charge in [-0.05, 0) is 23.5 Å². The van der Waals surface area contributed by atoms with E-state index in [1.807, 2.05) is 74.5 Å². The smallest absolute Gasteiger partial charge is 0.246 e. The number of ether oxygens (including phenoxy) is 1. The standard InChI is InChI=1S/C29H34BrN3O5/c1-17(2)21(16-34)33-25(27(36)32-15-19-11-7-4-8-12-19)29-13-20(30)24(38-29)22(23(29)28(33)37)26(35)31-14-18-9-5-3-6-10-18/h3-12,17,20-25,34H,13-16H2,1-2H3,(H,31,35)(H,32,36)/t20?,21-,22-,23-,24-,25?,29?/m0/s1. The highest BCUT2D eigenvalue weighted by atomic mass is 79.9. The Morgan fingerprint density at radius 1 is 1.03 bits per heavy atom. The van der Waals surface area contributed by atoms with Gasteiger partial charge in [-0.3, -0.25) is 14.4 Å². The third kappa shape index (κ3) is 4.54. The minimum Gasteiger partial charge on any atom is -0.394 e. The van der Waals surface area contributed by atoms with Crippen LogP contribution >= 0.6 is 15.9 Å². The molecule has 3 aliphatic rings. The van der Waals surface area contributed by atoms with Gasteiger partial charge in [-0.1, -0.05) is 90.4 Å². The predicted octanol–water partition coefficient (Wildman–Crippen LogP) is 2.38. The molecular formula is C29H34BrN3O5. The summed E-state index contributed by atoms with van der Waals surface area (Å²) in [5.74, 6) is -2.57. The van der Waals surface area contributed by atoms with Crippen LogP contribution < -0.4 is 10.6 Å². The largest absolute Gasteiger partial charge is 0.394 e. The van der Waals surface area contributed by atoms with Crippen molar-refractivity contribution in [3.63, 3.8) is 0 Å². The number of fused-ring (bicyclic) bond motifs is 1. The molecule has 3 heterocycles. The average Bonchev–Trinajstić information content (AvgIpc) is 3.51. The van der Waals surface area contributed by atoms with Gasteiger partial charge in [-0.25, -0.2) is 0 Å². The Morgan fingerprint density at radius 3 is 2.11 bits per heavy atom. The number of hydrogen-bond acceptors (Lipinski definition) is 5. The number of likely N-dealkylation sites (tertiary alicyclic amines) is 1. The minimum atomic E-state index is -1.16. The molecule has 0 aliphatic carbocycles. The number of amides is 3. The second-order valence-electron chi connectivity index (χ2n) is 10.8. The molecule has 0 saturated carbocycles. The molecule has 38 heavy (non-hydrogen) atoms. The van der Waals surface area contributed by atoms with E-state index in [1.54, 1.807) is 0 Å². The van der Waals surface area contributed by atoms with Crippen LogP contribution in [0.3, 0.4) is 0 Å². The number of carbonyl (C=O) groups excluding carboxylic acids is 3. The number of nitrogens with one attached hydrogen (secondary N) is 2. The van der Waals surface area contributed by atoms with Gasteiger partial charge in [0.2, 0.25) is 17.7 Å². The van der Waals surface area contributed by atoms with E-state index in [4.69, 9.17) is 4.74 Å². The quantitative estimate of drug-likeness (QED) is 0.393. The lowest BCUT2D eigenvalue weighted by atomic mass is 9.70. The number of rotatable bonds is 9. The van der Waals surface area contributed by atoms with Crippen molar-refractivity contribution in [3.05, 3.63) is 71.8 Å². The molecule has 2 aromatic rings. The van der Waals surface area contributed by atoms with Crippen LogP contribution in [0.1, 0.15) is 31.4 Å². The summed E-state index contributed by atoms with van der Waals surface area (Å²) in [6.07, 6.45) is -0.106. The first kappa shape index (κ1) is 26.8. The number of halogens is 1. The van der Waals surface area contributed by atoms with Crippen LogP contribution in [0, 0.1) is 17.8 Å². The van der Waals surface area contributed by atoms with Gasteiger partial charge in [0.05, 0.1) is 30.6 Å². The minimum absolute atomic E-state index is 0.106.